The van der Waals surface area contributed by atoms with Crippen LogP contribution in [0.3, 0.4) is 0 Å². The van der Waals surface area contributed by atoms with Gasteiger partial charge < -0.3 is 5.11 Å². The summed E-state index contributed by atoms with van der Waals surface area (Å²) >= 11 is 0. The van der Waals surface area contributed by atoms with E-state index in [0.717, 1.165) is 5.56 Å². The normalized spacial score (nSPS) is 24.0. The summed E-state index contributed by atoms with van der Waals surface area (Å²) < 4.78 is 16.1. The number of aliphatic hydroxyl groups is 1. The average molecular weight is 501 g/mol. The summed E-state index contributed by atoms with van der Waals surface area (Å²) in [6, 6.07) is 14.5. The highest BCUT2D eigenvalue weighted by atomic mass is 19.1. The number of benzene rings is 2. The Bertz CT molecular complexity index is 1430. The topological polar surface area (TPSA) is 106 Å². The number of hydrogen-bond donors (Lipinski definition) is 2. The number of pyridine rings is 1. The number of nitriles is 1. The van der Waals surface area contributed by atoms with Crippen molar-refractivity contribution in [2.75, 3.05) is 13.1 Å². The van der Waals surface area contributed by atoms with Crippen molar-refractivity contribution in [3.05, 3.63) is 76.7 Å². The third-order valence-electron chi connectivity index (χ3n) is 7.93. The molecule has 2 aromatic carbocycles. The lowest BCUT2D eigenvalue weighted by Crippen LogP contribution is -2.55. The van der Waals surface area contributed by atoms with Gasteiger partial charge in [-0.05, 0) is 48.2 Å². The molecule has 1 aromatic heterocycles. The molecule has 8 heteroatoms. The van der Waals surface area contributed by atoms with Gasteiger partial charge in [0.2, 0.25) is 11.8 Å². The minimum atomic E-state index is -1.41. The minimum Gasteiger partial charge on any atom is -0.384 e. The third-order valence-corrected chi connectivity index (χ3v) is 7.93. The number of hydrogen-bond acceptors (Lipinski definition) is 6. The van der Waals surface area contributed by atoms with E-state index in [1.807, 2.05) is 26.0 Å². The van der Waals surface area contributed by atoms with Crippen LogP contribution < -0.4 is 5.32 Å². The average Bonchev–Trinajstić information content (AvgIpc) is 2.87. The van der Waals surface area contributed by atoms with Crippen LogP contribution in [0.5, 0.6) is 0 Å². The lowest BCUT2D eigenvalue weighted by Gasteiger charge is -2.50. The number of likely N-dealkylation sites (tertiary alicyclic amines) is 1. The molecule has 5 rings (SSSR count). The summed E-state index contributed by atoms with van der Waals surface area (Å²) in [5, 5.41) is 23.5. The van der Waals surface area contributed by atoms with Crippen LogP contribution in [0.1, 0.15) is 61.3 Å². The number of imide groups is 1. The van der Waals surface area contributed by atoms with Crippen LogP contribution in [-0.2, 0) is 21.7 Å². The second-order valence-corrected chi connectivity index (χ2v) is 10.8. The van der Waals surface area contributed by atoms with E-state index in [1.165, 1.54) is 0 Å². The molecule has 0 radical (unpaired) electrons. The molecule has 1 unspecified atom stereocenters. The fourth-order valence-electron chi connectivity index (χ4n) is 5.71. The van der Waals surface area contributed by atoms with Crippen LogP contribution >= 0.6 is 0 Å². The lowest BCUT2D eigenvalue weighted by molar-refractivity contribution is -0.134. The molecule has 7 nitrogen and oxygen atoms in total. The van der Waals surface area contributed by atoms with E-state index in [0.29, 0.717) is 49.1 Å². The number of piperidine rings is 2. The molecule has 0 bridgehead atoms. The van der Waals surface area contributed by atoms with Gasteiger partial charge in [-0.25, -0.2) is 4.39 Å². The largest absolute Gasteiger partial charge is 0.384 e. The Labute approximate surface area is 214 Å². The first kappa shape index (κ1) is 25.0. The molecule has 0 saturated carbocycles. The first-order chi connectivity index (χ1) is 17.6. The predicted octanol–water partition coefficient (Wildman–Crippen LogP) is 3.89. The van der Waals surface area contributed by atoms with Crippen molar-refractivity contribution in [1.82, 2.24) is 15.2 Å². The van der Waals surface area contributed by atoms with E-state index >= 15 is 4.39 Å². The molecule has 3 aromatic rings. The molecule has 2 aliphatic heterocycles. The molecule has 2 saturated heterocycles. The van der Waals surface area contributed by atoms with Crippen molar-refractivity contribution < 1.29 is 19.1 Å². The van der Waals surface area contributed by atoms with Crippen LogP contribution in [0.2, 0.25) is 0 Å². The molecule has 2 atom stereocenters. The zero-order chi connectivity index (χ0) is 26.4. The zero-order valence-corrected chi connectivity index (χ0v) is 20.9. The maximum absolute atomic E-state index is 16.1. The van der Waals surface area contributed by atoms with Crippen molar-refractivity contribution >= 4 is 22.7 Å². The third kappa shape index (κ3) is 4.50. The number of nitrogens with zero attached hydrogens (tertiary/aromatic N) is 3. The fourth-order valence-corrected chi connectivity index (χ4v) is 5.71. The van der Waals surface area contributed by atoms with Gasteiger partial charge in [-0.15, -0.1) is 0 Å². The molecular weight excluding hydrogens is 471 g/mol. The van der Waals surface area contributed by atoms with E-state index < -0.39 is 28.7 Å². The highest BCUT2D eigenvalue weighted by Crippen LogP contribution is 2.48. The van der Waals surface area contributed by atoms with Crippen molar-refractivity contribution in [1.29, 1.82) is 5.26 Å². The Morgan fingerprint density at radius 3 is 2.65 bits per heavy atom. The van der Waals surface area contributed by atoms with Gasteiger partial charge in [0.25, 0.3) is 0 Å². The van der Waals surface area contributed by atoms with Gasteiger partial charge in [0, 0.05) is 48.6 Å². The van der Waals surface area contributed by atoms with Crippen molar-refractivity contribution in [3.63, 3.8) is 0 Å². The van der Waals surface area contributed by atoms with Gasteiger partial charge in [-0.3, -0.25) is 24.8 Å². The molecule has 2 amide bonds. The summed E-state index contributed by atoms with van der Waals surface area (Å²) in [7, 11) is 0. The van der Waals surface area contributed by atoms with Gasteiger partial charge in [0.15, 0.2) is 0 Å². The molecule has 2 N–H and O–H groups in total. The van der Waals surface area contributed by atoms with Gasteiger partial charge in [-0.1, -0.05) is 32.0 Å². The summed E-state index contributed by atoms with van der Waals surface area (Å²) in [6.07, 6.45) is 2.48. The second-order valence-electron chi connectivity index (χ2n) is 10.8. The van der Waals surface area contributed by atoms with Gasteiger partial charge in [0.05, 0.1) is 28.7 Å². The highest BCUT2D eigenvalue weighted by molar-refractivity contribution is 6.01. The Balaban J connectivity index is 1.43. The number of rotatable bonds is 4. The van der Waals surface area contributed by atoms with Crippen molar-refractivity contribution in [2.45, 2.75) is 51.2 Å². The molecule has 0 spiro atoms. The van der Waals surface area contributed by atoms with E-state index in [4.69, 9.17) is 5.26 Å². The van der Waals surface area contributed by atoms with Gasteiger partial charge in [0.1, 0.15) is 5.82 Å². The Morgan fingerprint density at radius 1 is 1.22 bits per heavy atom. The SMILES string of the molecule is CC1(C)CN(Cc2ccc(C#N)cc2)CC[C@@]1(O)c1ccc2ncc(C3CCC(=O)NC3=O)cc2c1F. The summed E-state index contributed by atoms with van der Waals surface area (Å²) in [4.78, 5) is 30.5. The first-order valence-corrected chi connectivity index (χ1v) is 12.5. The lowest BCUT2D eigenvalue weighted by atomic mass is 9.66. The molecule has 2 aliphatic rings. The maximum atomic E-state index is 16.1. The van der Waals surface area contributed by atoms with Crippen molar-refractivity contribution in [3.8, 4) is 6.07 Å². The molecule has 3 heterocycles. The predicted molar refractivity (Wildman–Crippen MR) is 136 cm³/mol. The quantitative estimate of drug-likeness (QED) is 0.527. The smallest absolute Gasteiger partial charge is 0.234 e. The van der Waals surface area contributed by atoms with Crippen molar-refractivity contribution in [2.24, 2.45) is 5.41 Å². The number of halogens is 1. The Kier molecular flexibility index (Phi) is 6.30. The number of nitrogens with one attached hydrogen (secondary N) is 1. The van der Waals surface area contributed by atoms with Gasteiger partial charge >= 0.3 is 0 Å². The standard InChI is InChI=1S/C29H29FN4O3/c1-28(2)17-34(16-19-5-3-18(14-31)4-6-19)12-11-29(28,37)23-8-9-24-22(26(23)30)13-20(15-32-24)21-7-10-25(35)33-27(21)36/h3-6,8-9,13,15,21,37H,7,10-12,16-17H2,1-2H3,(H,33,35,36)/t21?,29-/m1/s1. The molecule has 2 fully saturated rings. The van der Waals surface area contributed by atoms with E-state index in [1.54, 1.807) is 36.5 Å². The zero-order valence-electron chi connectivity index (χ0n) is 20.9. The summed E-state index contributed by atoms with van der Waals surface area (Å²) in [5.74, 6) is -1.81. The Hall–Kier alpha value is -3.67. The molecule has 190 valence electrons. The van der Waals surface area contributed by atoms with Crippen LogP contribution in [0.15, 0.2) is 48.7 Å². The minimum absolute atomic E-state index is 0.226. The number of carbonyl (C=O) groups excluding carboxylic acids is 2. The number of amides is 2. The monoisotopic (exact) mass is 500 g/mol. The highest BCUT2D eigenvalue weighted by Gasteiger charge is 2.50. The number of carbonyl (C=O) groups is 2. The number of aromatic nitrogens is 1. The van der Waals surface area contributed by atoms with Crippen LogP contribution in [0.4, 0.5) is 4.39 Å². The van der Waals surface area contributed by atoms with E-state index in [9.17, 15) is 14.7 Å². The maximum Gasteiger partial charge on any atom is 0.234 e. The molecule has 0 aliphatic carbocycles. The Morgan fingerprint density at radius 2 is 1.97 bits per heavy atom. The first-order valence-electron chi connectivity index (χ1n) is 12.5. The van der Waals surface area contributed by atoms with Gasteiger partial charge in [-0.2, -0.15) is 5.26 Å². The van der Waals surface area contributed by atoms with E-state index in [2.05, 4.69) is 21.3 Å². The summed E-state index contributed by atoms with van der Waals surface area (Å²) in [6.45, 7) is 5.69. The summed E-state index contributed by atoms with van der Waals surface area (Å²) in [5.41, 5.74) is 0.834. The van der Waals surface area contributed by atoms with Crippen LogP contribution in [0, 0.1) is 22.6 Å². The second kappa shape index (κ2) is 9.33. The number of fused-ring (bicyclic) bond motifs is 1. The molecular formula is C29H29FN4O3. The van der Waals surface area contributed by atoms with Crippen LogP contribution in [-0.4, -0.2) is 39.9 Å². The molecule has 37 heavy (non-hydrogen) atoms. The fraction of sp³-hybridized carbons (Fsp3) is 0.379. The van der Waals surface area contributed by atoms with E-state index in [-0.39, 0.29) is 23.3 Å². The van der Waals surface area contributed by atoms with Crippen LogP contribution in [0.25, 0.3) is 10.9 Å².